The summed E-state index contributed by atoms with van der Waals surface area (Å²) < 4.78 is 1.85. The molecule has 0 unspecified atom stereocenters. The minimum atomic E-state index is -0.0389. The molecule has 0 bridgehead atoms. The Morgan fingerprint density at radius 1 is 1.62 bits per heavy atom. The Hall–Kier alpha value is -1.58. The van der Waals surface area contributed by atoms with Crippen molar-refractivity contribution in [3.05, 3.63) is 24.3 Å². The number of rotatable bonds is 2. The molecule has 0 aliphatic rings. The zero-order valence-corrected chi connectivity index (χ0v) is 8.06. The van der Waals surface area contributed by atoms with Crippen LogP contribution in [0.1, 0.15) is 5.82 Å². The summed E-state index contributed by atoms with van der Waals surface area (Å²) in [4.78, 5) is 16.7. The number of aryl methyl sites for hydroxylation is 1. The fourth-order valence-electron chi connectivity index (χ4n) is 0.833. The second kappa shape index (κ2) is 3.89. The van der Waals surface area contributed by atoms with Crippen molar-refractivity contribution in [1.82, 2.24) is 14.5 Å². The molecule has 1 aromatic rings. The second-order valence-corrected chi connectivity index (χ2v) is 2.96. The highest BCUT2D eigenvalue weighted by atomic mass is 16.2. The summed E-state index contributed by atoms with van der Waals surface area (Å²) >= 11 is 0. The molecule has 0 aliphatic carbocycles. The molecule has 1 amide bonds. The summed E-state index contributed by atoms with van der Waals surface area (Å²) in [7, 11) is 5.31. The average Bonchev–Trinajstić information content (AvgIpc) is 2.47. The molecule has 0 aromatic carbocycles. The van der Waals surface area contributed by atoms with Crippen LogP contribution in [0.4, 0.5) is 0 Å². The van der Waals surface area contributed by atoms with Crippen LogP contribution < -0.4 is 0 Å². The number of carbonyl (C=O) groups excluding carboxylic acids is 1. The topological polar surface area (TPSA) is 38.1 Å². The van der Waals surface area contributed by atoms with E-state index in [9.17, 15) is 4.79 Å². The van der Waals surface area contributed by atoms with Gasteiger partial charge in [0.25, 0.3) is 0 Å². The molecule has 13 heavy (non-hydrogen) atoms. The molecule has 0 radical (unpaired) electrons. The summed E-state index contributed by atoms with van der Waals surface area (Å²) in [6.07, 6.45) is 6.73. The lowest BCUT2D eigenvalue weighted by molar-refractivity contribution is -0.123. The highest BCUT2D eigenvalue weighted by Crippen LogP contribution is 1.97. The largest absolute Gasteiger partial charge is 0.345 e. The molecular formula is C9H13N3O. The van der Waals surface area contributed by atoms with Crippen LogP contribution in [-0.2, 0) is 11.8 Å². The van der Waals surface area contributed by atoms with Crippen LogP contribution in [0.15, 0.2) is 18.5 Å². The number of aromatic nitrogens is 2. The van der Waals surface area contributed by atoms with E-state index in [2.05, 4.69) is 4.98 Å². The fraction of sp³-hybridized carbons (Fsp3) is 0.333. The highest BCUT2D eigenvalue weighted by molar-refractivity contribution is 5.90. The van der Waals surface area contributed by atoms with Gasteiger partial charge in [-0.1, -0.05) is 0 Å². The Morgan fingerprint density at radius 2 is 2.31 bits per heavy atom. The van der Waals surface area contributed by atoms with Crippen molar-refractivity contribution in [2.45, 2.75) is 0 Å². The van der Waals surface area contributed by atoms with Crippen LogP contribution in [0.25, 0.3) is 6.08 Å². The number of hydrogen-bond donors (Lipinski definition) is 0. The van der Waals surface area contributed by atoms with E-state index in [-0.39, 0.29) is 5.91 Å². The number of hydrogen-bond acceptors (Lipinski definition) is 2. The van der Waals surface area contributed by atoms with Crippen molar-refractivity contribution < 1.29 is 4.79 Å². The monoisotopic (exact) mass is 179 g/mol. The molecule has 0 fully saturated rings. The number of amides is 1. The van der Waals surface area contributed by atoms with Crippen molar-refractivity contribution in [3.8, 4) is 0 Å². The van der Waals surface area contributed by atoms with Crippen LogP contribution in [-0.4, -0.2) is 34.5 Å². The Kier molecular flexibility index (Phi) is 2.84. The average molecular weight is 179 g/mol. The highest BCUT2D eigenvalue weighted by Gasteiger charge is 1.98. The first-order valence-electron chi connectivity index (χ1n) is 3.98. The summed E-state index contributed by atoms with van der Waals surface area (Å²) in [6, 6.07) is 0. The third kappa shape index (κ3) is 2.43. The number of carbonyl (C=O) groups is 1. The van der Waals surface area contributed by atoms with E-state index in [4.69, 9.17) is 0 Å². The molecule has 0 atom stereocenters. The molecule has 0 N–H and O–H groups in total. The lowest BCUT2D eigenvalue weighted by atomic mass is 10.4. The summed E-state index contributed by atoms with van der Waals surface area (Å²) in [6.45, 7) is 0. The third-order valence-corrected chi connectivity index (χ3v) is 1.67. The van der Waals surface area contributed by atoms with Gasteiger partial charge in [-0.25, -0.2) is 4.98 Å². The van der Waals surface area contributed by atoms with Crippen LogP contribution in [0.5, 0.6) is 0 Å². The van der Waals surface area contributed by atoms with Gasteiger partial charge < -0.3 is 9.47 Å². The molecular weight excluding hydrogens is 166 g/mol. The van der Waals surface area contributed by atoms with Crippen molar-refractivity contribution in [3.63, 3.8) is 0 Å². The summed E-state index contributed by atoms with van der Waals surface area (Å²) in [5.41, 5.74) is 0. The van der Waals surface area contributed by atoms with Gasteiger partial charge in [0.15, 0.2) is 0 Å². The first-order valence-corrected chi connectivity index (χ1v) is 3.98. The maximum Gasteiger partial charge on any atom is 0.246 e. The normalized spacial score (nSPS) is 10.7. The lowest BCUT2D eigenvalue weighted by Gasteiger charge is -2.04. The predicted molar refractivity (Wildman–Crippen MR) is 50.9 cm³/mol. The molecule has 1 heterocycles. The van der Waals surface area contributed by atoms with E-state index in [1.165, 1.54) is 11.0 Å². The van der Waals surface area contributed by atoms with Gasteiger partial charge in [0.05, 0.1) is 0 Å². The third-order valence-electron chi connectivity index (χ3n) is 1.67. The first kappa shape index (κ1) is 9.51. The van der Waals surface area contributed by atoms with E-state index in [0.29, 0.717) is 0 Å². The molecule has 0 saturated carbocycles. The van der Waals surface area contributed by atoms with Crippen molar-refractivity contribution in [2.75, 3.05) is 14.1 Å². The second-order valence-electron chi connectivity index (χ2n) is 2.96. The van der Waals surface area contributed by atoms with Crippen molar-refractivity contribution in [2.24, 2.45) is 7.05 Å². The Balaban J connectivity index is 2.69. The molecule has 0 aliphatic heterocycles. The quantitative estimate of drug-likeness (QED) is 0.621. The van der Waals surface area contributed by atoms with Crippen LogP contribution in [0.3, 0.4) is 0 Å². The minimum absolute atomic E-state index is 0.0389. The van der Waals surface area contributed by atoms with E-state index in [1.807, 2.05) is 17.8 Å². The van der Waals surface area contributed by atoms with Crippen LogP contribution in [0, 0.1) is 0 Å². The van der Waals surface area contributed by atoms with Gasteiger partial charge in [-0.05, 0) is 6.08 Å². The number of likely N-dealkylation sites (N-methyl/N-ethyl adjacent to an activating group) is 1. The lowest BCUT2D eigenvalue weighted by Crippen LogP contribution is -2.18. The molecule has 0 spiro atoms. The maximum absolute atomic E-state index is 11.2. The molecule has 1 aromatic heterocycles. The molecule has 0 saturated heterocycles. The van der Waals surface area contributed by atoms with E-state index < -0.39 is 0 Å². The van der Waals surface area contributed by atoms with Crippen molar-refractivity contribution in [1.29, 1.82) is 0 Å². The minimum Gasteiger partial charge on any atom is -0.345 e. The van der Waals surface area contributed by atoms with Gasteiger partial charge in [-0.15, -0.1) is 0 Å². The molecule has 4 nitrogen and oxygen atoms in total. The van der Waals surface area contributed by atoms with Gasteiger partial charge >= 0.3 is 0 Å². The van der Waals surface area contributed by atoms with Crippen molar-refractivity contribution >= 4 is 12.0 Å². The van der Waals surface area contributed by atoms with Crippen LogP contribution >= 0.6 is 0 Å². The van der Waals surface area contributed by atoms with E-state index >= 15 is 0 Å². The fourth-order valence-corrected chi connectivity index (χ4v) is 0.833. The molecule has 4 heteroatoms. The molecule has 1 rings (SSSR count). The van der Waals surface area contributed by atoms with E-state index in [0.717, 1.165) is 5.82 Å². The predicted octanol–water partition coefficient (Wildman–Crippen LogP) is 0.521. The zero-order chi connectivity index (χ0) is 9.84. The van der Waals surface area contributed by atoms with Crippen LogP contribution in [0.2, 0.25) is 0 Å². The standard InChI is InChI=1S/C9H13N3O/c1-11(2)9(13)5-4-8-10-6-7-12(8)3/h4-7H,1-3H3/b5-4+. The SMILES string of the molecule is CN(C)C(=O)/C=C/c1nccn1C. The Bertz CT molecular complexity index is 325. The Labute approximate surface area is 77.5 Å². The summed E-state index contributed by atoms with van der Waals surface area (Å²) in [5, 5.41) is 0. The first-order chi connectivity index (χ1) is 6.11. The zero-order valence-electron chi connectivity index (χ0n) is 8.06. The number of nitrogens with zero attached hydrogens (tertiary/aromatic N) is 3. The van der Waals surface area contributed by atoms with Gasteiger partial charge in [-0.2, -0.15) is 0 Å². The van der Waals surface area contributed by atoms with Gasteiger partial charge in [-0.3, -0.25) is 4.79 Å². The summed E-state index contributed by atoms with van der Waals surface area (Å²) in [5.74, 6) is 0.734. The smallest absolute Gasteiger partial charge is 0.246 e. The van der Waals surface area contributed by atoms with Gasteiger partial charge in [0, 0.05) is 39.6 Å². The maximum atomic E-state index is 11.2. The Morgan fingerprint density at radius 3 is 2.77 bits per heavy atom. The molecule has 70 valence electrons. The van der Waals surface area contributed by atoms with E-state index in [1.54, 1.807) is 26.4 Å². The van der Waals surface area contributed by atoms with Gasteiger partial charge in [0.1, 0.15) is 5.82 Å². The van der Waals surface area contributed by atoms with Gasteiger partial charge in [0.2, 0.25) is 5.91 Å². The number of imidazole rings is 1.